The highest BCUT2D eigenvalue weighted by molar-refractivity contribution is 7.15. The molecule has 7 heteroatoms. The molecule has 0 amide bonds. The number of fused-ring (bicyclic) bond motifs is 1. The van der Waals surface area contributed by atoms with E-state index in [2.05, 4.69) is 4.98 Å². The lowest BCUT2D eigenvalue weighted by Crippen LogP contribution is -1.94. The Morgan fingerprint density at radius 2 is 2.32 bits per heavy atom. The summed E-state index contributed by atoms with van der Waals surface area (Å²) in [5.74, 6) is 0.122. The van der Waals surface area contributed by atoms with Crippen LogP contribution in [0.2, 0.25) is 5.02 Å². The monoisotopic (exact) mass is 298 g/mol. The molecular formula is C12H8ClFN2O2S. The first-order chi connectivity index (χ1) is 9.19. The molecule has 0 unspecified atom stereocenters. The van der Waals surface area contributed by atoms with Crippen LogP contribution in [0.1, 0.15) is 5.69 Å². The van der Waals surface area contributed by atoms with Crippen LogP contribution in [0.15, 0.2) is 29.8 Å². The number of hydrogen-bond donors (Lipinski definition) is 1. The van der Waals surface area contributed by atoms with Crippen LogP contribution in [-0.4, -0.2) is 14.5 Å². The number of aliphatic hydroxyl groups is 1. The van der Waals surface area contributed by atoms with Crippen molar-refractivity contribution in [1.29, 1.82) is 0 Å². The molecule has 0 saturated carbocycles. The number of aliphatic hydroxyl groups excluding tert-OH is 1. The maximum atomic E-state index is 13.0. The molecule has 1 aromatic carbocycles. The van der Waals surface area contributed by atoms with E-state index in [0.29, 0.717) is 16.4 Å². The third-order valence-corrected chi connectivity index (χ3v) is 3.63. The molecule has 3 aromatic rings. The van der Waals surface area contributed by atoms with E-state index in [-0.39, 0.29) is 17.5 Å². The van der Waals surface area contributed by atoms with Crippen LogP contribution < -0.4 is 4.74 Å². The van der Waals surface area contributed by atoms with E-state index in [1.165, 1.54) is 23.5 Å². The Balaban J connectivity index is 2.02. The van der Waals surface area contributed by atoms with Crippen molar-refractivity contribution in [2.75, 3.05) is 0 Å². The number of benzene rings is 1. The Hall–Kier alpha value is -1.63. The molecule has 19 heavy (non-hydrogen) atoms. The van der Waals surface area contributed by atoms with Crippen molar-refractivity contribution < 1.29 is 14.2 Å². The first-order valence-electron chi connectivity index (χ1n) is 5.37. The maximum absolute atomic E-state index is 13.0. The van der Waals surface area contributed by atoms with Gasteiger partial charge in [0.05, 0.1) is 11.6 Å². The first kappa shape index (κ1) is 12.4. The number of nitrogens with zero attached hydrogens (tertiary/aromatic N) is 2. The standard InChI is InChI=1S/C12H8ClFN2O2S/c13-8-5-7(14)1-2-10(8)18-11-9(6-17)16-3-4-19-12(16)15-11/h1-5,17H,6H2. The highest BCUT2D eigenvalue weighted by Gasteiger charge is 2.15. The predicted octanol–water partition coefficient (Wildman–Crippen LogP) is 3.47. The molecular weight excluding hydrogens is 291 g/mol. The number of halogens is 2. The summed E-state index contributed by atoms with van der Waals surface area (Å²) in [5.41, 5.74) is 0.525. The summed E-state index contributed by atoms with van der Waals surface area (Å²) >= 11 is 7.31. The fraction of sp³-hybridized carbons (Fsp3) is 0.0833. The molecule has 3 rings (SSSR count). The fourth-order valence-electron chi connectivity index (χ4n) is 1.70. The lowest BCUT2D eigenvalue weighted by molar-refractivity contribution is 0.270. The van der Waals surface area contributed by atoms with Crippen molar-refractivity contribution in [3.63, 3.8) is 0 Å². The molecule has 1 N–H and O–H groups in total. The zero-order valence-electron chi connectivity index (χ0n) is 9.51. The molecule has 0 saturated heterocycles. The number of thiazole rings is 1. The summed E-state index contributed by atoms with van der Waals surface area (Å²) in [6, 6.07) is 3.83. The van der Waals surface area contributed by atoms with E-state index in [1.54, 1.807) is 10.6 Å². The normalized spacial score (nSPS) is 11.1. The van der Waals surface area contributed by atoms with Gasteiger partial charge in [-0.2, -0.15) is 4.98 Å². The second-order valence-corrected chi connectivity index (χ2v) is 5.03. The average Bonchev–Trinajstić information content (AvgIpc) is 2.92. The lowest BCUT2D eigenvalue weighted by Gasteiger charge is -2.06. The Bertz CT molecular complexity index is 740. The van der Waals surface area contributed by atoms with Gasteiger partial charge < -0.3 is 9.84 Å². The van der Waals surface area contributed by atoms with Gasteiger partial charge in [0.2, 0.25) is 5.88 Å². The summed E-state index contributed by atoms with van der Waals surface area (Å²) in [6.07, 6.45) is 1.79. The van der Waals surface area contributed by atoms with Crippen molar-refractivity contribution in [3.05, 3.63) is 46.3 Å². The van der Waals surface area contributed by atoms with E-state index in [1.807, 2.05) is 5.38 Å². The van der Waals surface area contributed by atoms with Gasteiger partial charge in [-0.15, -0.1) is 11.3 Å². The maximum Gasteiger partial charge on any atom is 0.244 e. The Morgan fingerprint density at radius 3 is 3.05 bits per heavy atom. The highest BCUT2D eigenvalue weighted by Crippen LogP contribution is 2.32. The molecule has 98 valence electrons. The summed E-state index contributed by atoms with van der Waals surface area (Å²) in [6.45, 7) is -0.216. The van der Waals surface area contributed by atoms with Gasteiger partial charge in [-0.1, -0.05) is 11.6 Å². The van der Waals surface area contributed by atoms with E-state index < -0.39 is 5.82 Å². The highest BCUT2D eigenvalue weighted by atomic mass is 35.5. The molecule has 2 heterocycles. The van der Waals surface area contributed by atoms with E-state index >= 15 is 0 Å². The summed E-state index contributed by atoms with van der Waals surface area (Å²) in [7, 11) is 0. The van der Waals surface area contributed by atoms with Crippen molar-refractivity contribution in [2.24, 2.45) is 0 Å². The van der Waals surface area contributed by atoms with Gasteiger partial charge in [-0.25, -0.2) is 4.39 Å². The van der Waals surface area contributed by atoms with Crippen LogP contribution in [0.4, 0.5) is 4.39 Å². The quantitative estimate of drug-likeness (QED) is 0.805. The molecule has 4 nitrogen and oxygen atoms in total. The number of ether oxygens (including phenoxy) is 1. The topological polar surface area (TPSA) is 46.8 Å². The van der Waals surface area contributed by atoms with Crippen molar-refractivity contribution >= 4 is 27.9 Å². The molecule has 0 aliphatic carbocycles. The van der Waals surface area contributed by atoms with E-state index in [9.17, 15) is 9.50 Å². The predicted molar refractivity (Wildman–Crippen MR) is 70.5 cm³/mol. The number of rotatable bonds is 3. The van der Waals surface area contributed by atoms with Gasteiger partial charge in [-0.05, 0) is 18.2 Å². The van der Waals surface area contributed by atoms with Gasteiger partial charge in [0.15, 0.2) is 4.96 Å². The van der Waals surface area contributed by atoms with E-state index in [4.69, 9.17) is 16.3 Å². The summed E-state index contributed by atoms with van der Waals surface area (Å²) < 4.78 is 20.2. The minimum Gasteiger partial charge on any atom is -0.436 e. The number of aromatic nitrogens is 2. The van der Waals surface area contributed by atoms with Crippen LogP contribution in [0.25, 0.3) is 4.96 Å². The number of hydrogen-bond acceptors (Lipinski definition) is 4. The SMILES string of the molecule is OCc1c(Oc2ccc(F)cc2Cl)nc2sccn12. The average molecular weight is 299 g/mol. The van der Waals surface area contributed by atoms with Crippen molar-refractivity contribution in [1.82, 2.24) is 9.38 Å². The molecule has 0 bridgehead atoms. The molecule has 0 aliphatic rings. The fourth-order valence-corrected chi connectivity index (χ4v) is 2.63. The lowest BCUT2D eigenvalue weighted by atomic mass is 10.3. The smallest absolute Gasteiger partial charge is 0.244 e. The zero-order valence-corrected chi connectivity index (χ0v) is 11.1. The van der Waals surface area contributed by atoms with Crippen molar-refractivity contribution in [2.45, 2.75) is 6.61 Å². The first-order valence-corrected chi connectivity index (χ1v) is 6.63. The van der Waals surface area contributed by atoms with E-state index in [0.717, 1.165) is 6.07 Å². The van der Waals surface area contributed by atoms with Gasteiger partial charge in [-0.3, -0.25) is 4.40 Å². The second kappa shape index (κ2) is 4.80. The summed E-state index contributed by atoms with van der Waals surface area (Å²) in [4.78, 5) is 4.96. The van der Waals surface area contributed by atoms with Gasteiger partial charge >= 0.3 is 0 Å². The molecule has 2 aromatic heterocycles. The third kappa shape index (κ3) is 2.18. The second-order valence-electron chi connectivity index (χ2n) is 3.75. The minimum absolute atomic E-state index is 0.153. The summed E-state index contributed by atoms with van der Waals surface area (Å²) in [5, 5.41) is 11.4. The zero-order chi connectivity index (χ0) is 13.4. The molecule has 0 aliphatic heterocycles. The number of imidazole rings is 1. The molecule has 0 spiro atoms. The molecule has 0 fully saturated rings. The van der Waals surface area contributed by atoms with Crippen LogP contribution in [-0.2, 0) is 6.61 Å². The van der Waals surface area contributed by atoms with Crippen LogP contribution in [0.5, 0.6) is 11.6 Å². The largest absolute Gasteiger partial charge is 0.436 e. The minimum atomic E-state index is -0.439. The van der Waals surface area contributed by atoms with Crippen LogP contribution in [0.3, 0.4) is 0 Å². The van der Waals surface area contributed by atoms with Gasteiger partial charge in [0, 0.05) is 11.6 Å². The van der Waals surface area contributed by atoms with Gasteiger partial charge in [0.25, 0.3) is 0 Å². The Morgan fingerprint density at radius 1 is 1.47 bits per heavy atom. The molecule has 0 atom stereocenters. The van der Waals surface area contributed by atoms with Gasteiger partial charge in [0.1, 0.15) is 17.3 Å². The van der Waals surface area contributed by atoms with Crippen molar-refractivity contribution in [3.8, 4) is 11.6 Å². The Labute approximate surface area is 116 Å². The Kier molecular flexibility index (Phi) is 3.14. The van der Waals surface area contributed by atoms with Crippen LogP contribution >= 0.6 is 22.9 Å². The third-order valence-electron chi connectivity index (χ3n) is 2.57. The molecule has 0 radical (unpaired) electrons. The van der Waals surface area contributed by atoms with Crippen LogP contribution in [0, 0.1) is 5.82 Å².